The highest BCUT2D eigenvalue weighted by Gasteiger charge is 2.00. The minimum atomic E-state index is 0.248. The molecule has 0 aliphatic carbocycles. The van der Waals surface area contributed by atoms with E-state index in [0.717, 1.165) is 0 Å². The molecule has 0 aliphatic rings. The van der Waals surface area contributed by atoms with E-state index in [9.17, 15) is 0 Å². The highest BCUT2D eigenvalue weighted by atomic mass is 35.5. The summed E-state index contributed by atoms with van der Waals surface area (Å²) in [4.78, 5) is 7.70. The lowest BCUT2D eigenvalue weighted by Crippen LogP contribution is -2.02. The molecule has 0 atom stereocenters. The maximum absolute atomic E-state index is 5.62. The minimum Gasteiger partial charge on any atom is -0.467 e. The Hall–Kier alpha value is -0.870. The highest BCUT2D eigenvalue weighted by molar-refractivity contribution is 6.29. The van der Waals surface area contributed by atoms with Crippen molar-refractivity contribution in [2.75, 3.05) is 7.11 Å². The number of ether oxygens (including phenoxy) is 1. The Bertz CT molecular complexity index is 231. The third-order valence-electron chi connectivity index (χ3n) is 1.12. The van der Waals surface area contributed by atoms with Crippen LogP contribution in [0.5, 0.6) is 6.01 Å². The number of nitrogens with zero attached hydrogens (tertiary/aromatic N) is 2. The number of hydrogen-bond acceptors (Lipinski definition) is 4. The van der Waals surface area contributed by atoms with Crippen LogP contribution >= 0.6 is 11.6 Å². The van der Waals surface area contributed by atoms with Gasteiger partial charge in [0.15, 0.2) is 0 Å². The van der Waals surface area contributed by atoms with Crippen molar-refractivity contribution < 1.29 is 4.74 Å². The average molecular weight is 174 g/mol. The first-order valence-electron chi connectivity index (χ1n) is 3.03. The largest absolute Gasteiger partial charge is 0.467 e. The molecule has 4 nitrogen and oxygen atoms in total. The Kier molecular flexibility index (Phi) is 2.62. The van der Waals surface area contributed by atoms with Gasteiger partial charge in [0.1, 0.15) is 5.15 Å². The van der Waals surface area contributed by atoms with Crippen LogP contribution in [0.4, 0.5) is 0 Å². The van der Waals surface area contributed by atoms with Gasteiger partial charge in [0.25, 0.3) is 0 Å². The Labute approximate surface area is 69.4 Å². The molecule has 5 heteroatoms. The highest BCUT2D eigenvalue weighted by Crippen LogP contribution is 2.10. The van der Waals surface area contributed by atoms with Gasteiger partial charge in [-0.25, -0.2) is 0 Å². The summed E-state index contributed by atoms with van der Waals surface area (Å²) in [6.45, 7) is 0.332. The number of nitrogens with two attached hydrogens (primary N) is 1. The minimum absolute atomic E-state index is 0.248. The molecule has 2 N–H and O–H groups in total. The zero-order valence-electron chi connectivity index (χ0n) is 6.04. The van der Waals surface area contributed by atoms with Crippen LogP contribution in [0.15, 0.2) is 6.07 Å². The van der Waals surface area contributed by atoms with Crippen molar-refractivity contribution in [3.63, 3.8) is 0 Å². The van der Waals surface area contributed by atoms with Gasteiger partial charge >= 0.3 is 6.01 Å². The molecule has 0 radical (unpaired) electrons. The summed E-state index contributed by atoms with van der Waals surface area (Å²) in [7, 11) is 1.48. The molecule has 0 saturated carbocycles. The normalized spacial score (nSPS) is 9.73. The zero-order chi connectivity index (χ0) is 8.27. The molecule has 1 heterocycles. The van der Waals surface area contributed by atoms with Crippen molar-refractivity contribution in [3.05, 3.63) is 16.9 Å². The average Bonchev–Trinajstić information content (AvgIpc) is 2.03. The molecule has 0 spiro atoms. The van der Waals surface area contributed by atoms with Gasteiger partial charge in [0.05, 0.1) is 12.8 Å². The molecule has 1 rings (SSSR count). The van der Waals surface area contributed by atoms with Gasteiger partial charge < -0.3 is 10.5 Å². The van der Waals surface area contributed by atoms with Gasteiger partial charge in [-0.3, -0.25) is 0 Å². The van der Waals surface area contributed by atoms with Gasteiger partial charge in [0.2, 0.25) is 0 Å². The van der Waals surface area contributed by atoms with E-state index in [4.69, 9.17) is 22.1 Å². The zero-order valence-corrected chi connectivity index (χ0v) is 6.80. The molecule has 0 aliphatic heterocycles. The lowest BCUT2D eigenvalue weighted by atomic mass is 10.4. The third-order valence-corrected chi connectivity index (χ3v) is 1.31. The SMILES string of the molecule is COc1nc(Cl)cc(CN)n1. The van der Waals surface area contributed by atoms with Gasteiger partial charge in [-0.1, -0.05) is 11.6 Å². The van der Waals surface area contributed by atoms with E-state index in [1.165, 1.54) is 7.11 Å². The predicted octanol–water partition coefficient (Wildman–Crippen LogP) is 0.597. The fourth-order valence-corrected chi connectivity index (χ4v) is 0.835. The van der Waals surface area contributed by atoms with Gasteiger partial charge in [-0.15, -0.1) is 0 Å². The third kappa shape index (κ3) is 2.03. The standard InChI is InChI=1S/C6H8ClN3O/c1-11-6-9-4(3-8)2-5(7)10-6/h2H,3,8H2,1H3. The number of aromatic nitrogens is 2. The molecule has 11 heavy (non-hydrogen) atoms. The molecule has 1 aromatic heterocycles. The van der Waals surface area contributed by atoms with Crippen molar-refractivity contribution in [2.24, 2.45) is 5.73 Å². The molecular formula is C6H8ClN3O. The first-order chi connectivity index (χ1) is 5.26. The van der Waals surface area contributed by atoms with Crippen LogP contribution in [-0.2, 0) is 6.54 Å². The summed E-state index contributed by atoms with van der Waals surface area (Å²) in [6, 6.07) is 1.85. The number of methoxy groups -OCH3 is 1. The smallest absolute Gasteiger partial charge is 0.317 e. The van der Waals surface area contributed by atoms with Crippen molar-refractivity contribution in [3.8, 4) is 6.01 Å². The van der Waals surface area contributed by atoms with E-state index >= 15 is 0 Å². The summed E-state index contributed by atoms with van der Waals surface area (Å²) in [6.07, 6.45) is 0. The predicted molar refractivity (Wildman–Crippen MR) is 41.5 cm³/mol. The number of hydrogen-bond donors (Lipinski definition) is 1. The molecule has 0 bridgehead atoms. The molecule has 0 saturated heterocycles. The van der Waals surface area contributed by atoms with Gasteiger partial charge in [-0.2, -0.15) is 9.97 Å². The summed E-state index contributed by atoms with van der Waals surface area (Å²) in [5.74, 6) is 0. The summed E-state index contributed by atoms with van der Waals surface area (Å²) < 4.78 is 4.78. The van der Waals surface area contributed by atoms with E-state index < -0.39 is 0 Å². The van der Waals surface area contributed by atoms with Crippen LogP contribution in [0.1, 0.15) is 5.69 Å². The summed E-state index contributed by atoms with van der Waals surface area (Å²) in [5.41, 5.74) is 6.01. The summed E-state index contributed by atoms with van der Waals surface area (Å²) >= 11 is 5.62. The second kappa shape index (κ2) is 3.50. The second-order valence-electron chi connectivity index (χ2n) is 1.87. The molecule has 0 aromatic carbocycles. The number of rotatable bonds is 2. The second-order valence-corrected chi connectivity index (χ2v) is 2.26. The maximum atomic E-state index is 5.62. The van der Waals surface area contributed by atoms with Crippen molar-refractivity contribution in [1.29, 1.82) is 0 Å². The quantitative estimate of drug-likeness (QED) is 0.666. The molecule has 0 unspecified atom stereocenters. The lowest BCUT2D eigenvalue weighted by molar-refractivity contribution is 0.378. The van der Waals surface area contributed by atoms with Crippen LogP contribution in [0.2, 0.25) is 5.15 Å². The Morgan fingerprint density at radius 1 is 1.64 bits per heavy atom. The van der Waals surface area contributed by atoms with Crippen LogP contribution in [0.3, 0.4) is 0 Å². The van der Waals surface area contributed by atoms with E-state index in [1.807, 2.05) is 0 Å². The fraction of sp³-hybridized carbons (Fsp3) is 0.333. The molecule has 60 valence electrons. The molecule has 0 fully saturated rings. The Balaban J connectivity index is 3.02. The maximum Gasteiger partial charge on any atom is 0.317 e. The van der Waals surface area contributed by atoms with Crippen molar-refractivity contribution >= 4 is 11.6 Å². The monoisotopic (exact) mass is 173 g/mol. The van der Waals surface area contributed by atoms with Crippen molar-refractivity contribution in [2.45, 2.75) is 6.54 Å². The van der Waals surface area contributed by atoms with Crippen LogP contribution in [0, 0.1) is 0 Å². The molecule has 0 amide bonds. The molecule has 1 aromatic rings. The van der Waals surface area contributed by atoms with Crippen molar-refractivity contribution in [1.82, 2.24) is 9.97 Å². The van der Waals surface area contributed by atoms with Crippen LogP contribution < -0.4 is 10.5 Å². The van der Waals surface area contributed by atoms with Gasteiger partial charge in [0, 0.05) is 6.54 Å². The topological polar surface area (TPSA) is 61.0 Å². The Morgan fingerprint density at radius 2 is 2.36 bits per heavy atom. The van der Waals surface area contributed by atoms with Gasteiger partial charge in [-0.05, 0) is 6.07 Å². The lowest BCUT2D eigenvalue weighted by Gasteiger charge is -2.00. The van der Waals surface area contributed by atoms with E-state index in [0.29, 0.717) is 17.4 Å². The fourth-order valence-electron chi connectivity index (χ4n) is 0.637. The summed E-state index contributed by atoms with van der Waals surface area (Å²) in [5, 5.41) is 0.345. The van der Waals surface area contributed by atoms with E-state index in [2.05, 4.69) is 9.97 Å². The van der Waals surface area contributed by atoms with E-state index in [1.54, 1.807) is 6.07 Å². The van der Waals surface area contributed by atoms with Crippen LogP contribution in [0.25, 0.3) is 0 Å². The van der Waals surface area contributed by atoms with E-state index in [-0.39, 0.29) is 6.01 Å². The number of halogens is 1. The first kappa shape index (κ1) is 8.23. The first-order valence-corrected chi connectivity index (χ1v) is 3.41. The van der Waals surface area contributed by atoms with Crippen LogP contribution in [-0.4, -0.2) is 17.1 Å². The molecular weight excluding hydrogens is 166 g/mol. The Morgan fingerprint density at radius 3 is 2.91 bits per heavy atom.